The zero-order valence-corrected chi connectivity index (χ0v) is 12.5. The van der Waals surface area contributed by atoms with E-state index in [0.717, 1.165) is 0 Å². The number of hydrogen-bond donors (Lipinski definition) is 1. The zero-order chi connectivity index (χ0) is 15.7. The molecule has 1 unspecified atom stereocenters. The third-order valence-corrected chi connectivity index (χ3v) is 3.58. The lowest BCUT2D eigenvalue weighted by atomic mass is 9.88. The Morgan fingerprint density at radius 2 is 2.19 bits per heavy atom. The number of hydrogen-bond acceptors (Lipinski definition) is 7. The van der Waals surface area contributed by atoms with E-state index in [9.17, 15) is 9.90 Å². The molecule has 2 aliphatic heterocycles. The van der Waals surface area contributed by atoms with Crippen molar-refractivity contribution in [1.82, 2.24) is 0 Å². The average molecular weight is 302 g/mol. The lowest BCUT2D eigenvalue weighted by Gasteiger charge is -2.33. The standard InChI is InChI=1S/C14H22O7/c1-9(18-8-17-4)5-14(11(16)7-15)6-10-12(21-14)20-13(2,3)19-10/h7,10-12,16H,1,5-6,8H2,2-4H3/t10-,11?,12+,14-/m1/s1. The van der Waals surface area contributed by atoms with Gasteiger partial charge in [0.1, 0.15) is 17.8 Å². The van der Waals surface area contributed by atoms with Crippen LogP contribution in [-0.2, 0) is 28.5 Å². The van der Waals surface area contributed by atoms with Crippen LogP contribution in [0.2, 0.25) is 0 Å². The molecule has 21 heavy (non-hydrogen) atoms. The van der Waals surface area contributed by atoms with Gasteiger partial charge in [0, 0.05) is 20.0 Å². The van der Waals surface area contributed by atoms with E-state index >= 15 is 0 Å². The second-order valence-electron chi connectivity index (χ2n) is 5.78. The Balaban J connectivity index is 2.07. The SMILES string of the molecule is C=C(C[C@]1(C(O)C=O)C[C@H]2OC(C)(C)O[C@H]2O1)OCOC. The van der Waals surface area contributed by atoms with Crippen molar-refractivity contribution in [1.29, 1.82) is 0 Å². The van der Waals surface area contributed by atoms with E-state index < -0.39 is 23.8 Å². The molecule has 2 rings (SSSR count). The van der Waals surface area contributed by atoms with E-state index in [2.05, 4.69) is 6.58 Å². The molecule has 2 heterocycles. The minimum absolute atomic E-state index is 0.0407. The zero-order valence-electron chi connectivity index (χ0n) is 12.5. The molecule has 0 aromatic heterocycles. The van der Waals surface area contributed by atoms with Crippen molar-refractivity contribution in [2.75, 3.05) is 13.9 Å². The molecular weight excluding hydrogens is 280 g/mol. The third-order valence-electron chi connectivity index (χ3n) is 3.58. The summed E-state index contributed by atoms with van der Waals surface area (Å²) in [6, 6.07) is 0. The Morgan fingerprint density at radius 3 is 2.76 bits per heavy atom. The summed E-state index contributed by atoms with van der Waals surface area (Å²) < 4.78 is 27.2. The molecule has 7 heteroatoms. The molecule has 0 aromatic carbocycles. The smallest absolute Gasteiger partial charge is 0.188 e. The van der Waals surface area contributed by atoms with E-state index in [-0.39, 0.29) is 19.3 Å². The van der Waals surface area contributed by atoms with Gasteiger partial charge in [0.05, 0.1) is 5.76 Å². The molecule has 0 amide bonds. The summed E-state index contributed by atoms with van der Waals surface area (Å²) in [6.45, 7) is 7.36. The monoisotopic (exact) mass is 302 g/mol. The second-order valence-corrected chi connectivity index (χ2v) is 5.78. The van der Waals surface area contributed by atoms with Crippen LogP contribution >= 0.6 is 0 Å². The van der Waals surface area contributed by atoms with Crippen LogP contribution in [0.3, 0.4) is 0 Å². The van der Waals surface area contributed by atoms with Crippen molar-refractivity contribution < 1.29 is 33.6 Å². The quantitative estimate of drug-likeness (QED) is 0.421. The first-order valence-corrected chi connectivity index (χ1v) is 6.78. The van der Waals surface area contributed by atoms with Gasteiger partial charge in [-0.25, -0.2) is 0 Å². The van der Waals surface area contributed by atoms with Crippen LogP contribution in [0.15, 0.2) is 12.3 Å². The topological polar surface area (TPSA) is 83.5 Å². The van der Waals surface area contributed by atoms with Crippen LogP contribution < -0.4 is 0 Å². The van der Waals surface area contributed by atoms with Crippen LogP contribution in [0.25, 0.3) is 0 Å². The summed E-state index contributed by atoms with van der Waals surface area (Å²) in [5.74, 6) is -0.381. The molecular formula is C14H22O7. The van der Waals surface area contributed by atoms with Gasteiger partial charge in [-0.15, -0.1) is 0 Å². The van der Waals surface area contributed by atoms with Gasteiger partial charge in [-0.05, 0) is 13.8 Å². The molecule has 1 N–H and O–H groups in total. The molecule has 0 saturated carbocycles. The first-order chi connectivity index (χ1) is 9.82. The Labute approximate surface area is 123 Å². The van der Waals surface area contributed by atoms with Gasteiger partial charge in [0.25, 0.3) is 0 Å². The van der Waals surface area contributed by atoms with Gasteiger partial charge in [-0.2, -0.15) is 0 Å². The lowest BCUT2D eigenvalue weighted by Crippen LogP contribution is -2.45. The van der Waals surface area contributed by atoms with Gasteiger partial charge in [-0.3, -0.25) is 0 Å². The van der Waals surface area contributed by atoms with E-state index in [1.54, 1.807) is 13.8 Å². The van der Waals surface area contributed by atoms with Gasteiger partial charge >= 0.3 is 0 Å². The number of ether oxygens (including phenoxy) is 5. The van der Waals surface area contributed by atoms with Gasteiger partial charge in [0.2, 0.25) is 0 Å². The lowest BCUT2D eigenvalue weighted by molar-refractivity contribution is -0.239. The summed E-state index contributed by atoms with van der Waals surface area (Å²) in [5, 5.41) is 10.0. The van der Waals surface area contributed by atoms with Gasteiger partial charge < -0.3 is 33.6 Å². The number of aldehydes is 1. The molecule has 0 aromatic rings. The molecule has 0 spiro atoms. The van der Waals surface area contributed by atoms with E-state index in [4.69, 9.17) is 23.7 Å². The highest BCUT2D eigenvalue weighted by Gasteiger charge is 2.58. The van der Waals surface area contributed by atoms with E-state index in [1.165, 1.54) is 7.11 Å². The Hall–Kier alpha value is -0.990. The summed E-state index contributed by atoms with van der Waals surface area (Å²) >= 11 is 0. The minimum Gasteiger partial charge on any atom is -0.472 e. The summed E-state index contributed by atoms with van der Waals surface area (Å²) in [4.78, 5) is 11.0. The van der Waals surface area contributed by atoms with Crippen LogP contribution in [0.4, 0.5) is 0 Å². The van der Waals surface area contributed by atoms with Crippen molar-refractivity contribution in [2.24, 2.45) is 0 Å². The number of carbonyl (C=O) groups excluding carboxylic acids is 1. The number of methoxy groups -OCH3 is 1. The maximum atomic E-state index is 11.0. The second kappa shape index (κ2) is 6.02. The average Bonchev–Trinajstić information content (AvgIpc) is 2.85. The third kappa shape index (κ3) is 3.44. The van der Waals surface area contributed by atoms with Crippen LogP contribution in [0, 0.1) is 0 Å². The van der Waals surface area contributed by atoms with Crippen LogP contribution in [0.5, 0.6) is 0 Å². The number of aliphatic hydroxyl groups excluding tert-OH is 1. The number of aliphatic hydroxyl groups is 1. The Kier molecular flexibility index (Phi) is 4.69. The molecule has 0 bridgehead atoms. The Bertz CT molecular complexity index is 390. The summed E-state index contributed by atoms with van der Waals surface area (Å²) in [5.41, 5.74) is -1.15. The summed E-state index contributed by atoms with van der Waals surface area (Å²) in [6.07, 6.45) is -1.38. The molecule has 7 nitrogen and oxygen atoms in total. The van der Waals surface area contributed by atoms with Gasteiger partial charge in [-0.1, -0.05) is 6.58 Å². The molecule has 2 saturated heterocycles. The van der Waals surface area contributed by atoms with E-state index in [0.29, 0.717) is 18.5 Å². The number of fused-ring (bicyclic) bond motifs is 1. The molecule has 4 atom stereocenters. The highest BCUT2D eigenvalue weighted by molar-refractivity contribution is 5.58. The molecule has 2 aliphatic rings. The maximum absolute atomic E-state index is 11.0. The summed E-state index contributed by atoms with van der Waals surface area (Å²) in [7, 11) is 1.49. The van der Waals surface area contributed by atoms with Crippen molar-refractivity contribution >= 4 is 6.29 Å². The minimum atomic E-state index is -1.32. The molecule has 0 aliphatic carbocycles. The van der Waals surface area contributed by atoms with Gasteiger partial charge in [0.15, 0.2) is 25.2 Å². The van der Waals surface area contributed by atoms with Crippen LogP contribution in [-0.4, -0.2) is 55.2 Å². The van der Waals surface area contributed by atoms with E-state index in [1.807, 2.05) is 0 Å². The largest absolute Gasteiger partial charge is 0.472 e. The highest BCUT2D eigenvalue weighted by Crippen LogP contribution is 2.45. The van der Waals surface area contributed by atoms with Crippen LogP contribution in [0.1, 0.15) is 26.7 Å². The molecule has 2 fully saturated rings. The predicted octanol–water partition coefficient (Wildman–Crippen LogP) is 0.707. The fourth-order valence-electron chi connectivity index (χ4n) is 2.72. The van der Waals surface area contributed by atoms with Crippen molar-refractivity contribution in [2.45, 2.75) is 56.6 Å². The first-order valence-electron chi connectivity index (χ1n) is 6.78. The fourth-order valence-corrected chi connectivity index (χ4v) is 2.72. The number of carbonyl (C=O) groups is 1. The number of rotatable bonds is 7. The fraction of sp³-hybridized carbons (Fsp3) is 0.786. The van der Waals surface area contributed by atoms with Crippen molar-refractivity contribution in [3.05, 3.63) is 12.3 Å². The maximum Gasteiger partial charge on any atom is 0.188 e. The predicted molar refractivity (Wildman–Crippen MR) is 71.0 cm³/mol. The first kappa shape index (κ1) is 16.4. The highest BCUT2D eigenvalue weighted by atomic mass is 16.8. The Morgan fingerprint density at radius 1 is 1.48 bits per heavy atom. The normalized spacial score (nSPS) is 35.2. The van der Waals surface area contributed by atoms with Crippen molar-refractivity contribution in [3.63, 3.8) is 0 Å². The molecule has 120 valence electrons. The van der Waals surface area contributed by atoms with Crippen molar-refractivity contribution in [3.8, 4) is 0 Å². The molecule has 0 radical (unpaired) electrons.